The van der Waals surface area contributed by atoms with Crippen LogP contribution in [0, 0.1) is 17.2 Å². The first-order chi connectivity index (χ1) is 17.5. The van der Waals surface area contributed by atoms with Gasteiger partial charge < -0.3 is 25.8 Å². The lowest BCUT2D eigenvalue weighted by atomic mass is 9.92. The number of ether oxygens (including phenoxy) is 1. The topological polar surface area (TPSA) is 150 Å². The molecule has 4 heterocycles. The number of methoxy groups -OCH3 is 1. The average molecular weight is 488 g/mol. The van der Waals surface area contributed by atoms with E-state index in [9.17, 15) is 9.90 Å². The van der Waals surface area contributed by atoms with Gasteiger partial charge in [0.2, 0.25) is 0 Å². The predicted molar refractivity (Wildman–Crippen MR) is 134 cm³/mol. The van der Waals surface area contributed by atoms with Gasteiger partial charge in [0.1, 0.15) is 11.9 Å². The number of nitrogens with one attached hydrogen (secondary N) is 1. The number of hydrogen-bond donors (Lipinski definition) is 3. The van der Waals surface area contributed by atoms with Crippen molar-refractivity contribution in [2.45, 2.75) is 25.5 Å². The SMILES string of the molecule is COCc1ccc(Cc2cc(N[C@@H]3CCN(c4ccc(C#N)cn4)C[C@@H]3CO)c(C(N)=O)cn2)nc1. The Morgan fingerprint density at radius 1 is 1.22 bits per heavy atom. The third kappa shape index (κ3) is 5.94. The molecule has 10 heteroatoms. The smallest absolute Gasteiger partial charge is 0.252 e. The Morgan fingerprint density at radius 3 is 2.69 bits per heavy atom. The summed E-state index contributed by atoms with van der Waals surface area (Å²) in [6.07, 6.45) is 6.02. The van der Waals surface area contributed by atoms with Crippen molar-refractivity contribution in [3.8, 4) is 6.07 Å². The minimum Gasteiger partial charge on any atom is -0.396 e. The first-order valence-electron chi connectivity index (χ1n) is 11.7. The monoisotopic (exact) mass is 487 g/mol. The highest BCUT2D eigenvalue weighted by molar-refractivity contribution is 5.98. The van der Waals surface area contributed by atoms with Gasteiger partial charge in [0, 0.05) is 75.2 Å². The van der Waals surface area contributed by atoms with E-state index in [1.807, 2.05) is 24.3 Å². The summed E-state index contributed by atoms with van der Waals surface area (Å²) in [6, 6.07) is 11.3. The summed E-state index contributed by atoms with van der Waals surface area (Å²) in [4.78, 5) is 27.5. The molecule has 10 nitrogen and oxygen atoms in total. The second-order valence-corrected chi connectivity index (χ2v) is 8.80. The fourth-order valence-corrected chi connectivity index (χ4v) is 4.36. The van der Waals surface area contributed by atoms with Gasteiger partial charge in [0.05, 0.1) is 23.4 Å². The Bertz CT molecular complexity index is 1230. The molecular formula is C26H29N7O3. The van der Waals surface area contributed by atoms with Crippen molar-refractivity contribution in [1.29, 1.82) is 5.26 Å². The van der Waals surface area contributed by atoms with Crippen LogP contribution in [0.15, 0.2) is 48.9 Å². The number of nitrogens with zero attached hydrogens (tertiary/aromatic N) is 5. The zero-order valence-corrected chi connectivity index (χ0v) is 20.1. The molecule has 3 aromatic rings. The summed E-state index contributed by atoms with van der Waals surface area (Å²) < 4.78 is 5.13. The maximum Gasteiger partial charge on any atom is 0.252 e. The summed E-state index contributed by atoms with van der Waals surface area (Å²) >= 11 is 0. The number of pyridine rings is 3. The van der Waals surface area contributed by atoms with Crippen LogP contribution in [0.4, 0.5) is 11.5 Å². The van der Waals surface area contributed by atoms with Crippen molar-refractivity contribution >= 4 is 17.4 Å². The molecule has 0 saturated carbocycles. The highest BCUT2D eigenvalue weighted by Gasteiger charge is 2.30. The van der Waals surface area contributed by atoms with Crippen molar-refractivity contribution in [3.63, 3.8) is 0 Å². The summed E-state index contributed by atoms with van der Waals surface area (Å²) in [6.45, 7) is 1.74. The van der Waals surface area contributed by atoms with Crippen molar-refractivity contribution in [1.82, 2.24) is 15.0 Å². The van der Waals surface area contributed by atoms with E-state index in [0.29, 0.717) is 49.4 Å². The number of anilines is 2. The summed E-state index contributed by atoms with van der Waals surface area (Å²) in [7, 11) is 1.64. The van der Waals surface area contributed by atoms with Crippen molar-refractivity contribution in [2.75, 3.05) is 37.0 Å². The Hall–Kier alpha value is -4.07. The summed E-state index contributed by atoms with van der Waals surface area (Å²) in [5.41, 5.74) is 9.60. The fraction of sp³-hybridized carbons (Fsp3) is 0.346. The van der Waals surface area contributed by atoms with Crippen LogP contribution in [-0.4, -0.2) is 58.8 Å². The summed E-state index contributed by atoms with van der Waals surface area (Å²) in [5, 5.41) is 22.6. The molecule has 4 N–H and O–H groups in total. The van der Waals surface area contributed by atoms with Crippen LogP contribution in [0.5, 0.6) is 0 Å². The molecule has 0 radical (unpaired) electrons. The number of rotatable bonds is 9. The number of aromatic nitrogens is 3. The van der Waals surface area contributed by atoms with E-state index in [-0.39, 0.29) is 18.6 Å². The van der Waals surface area contributed by atoms with Gasteiger partial charge in [-0.3, -0.25) is 14.8 Å². The molecule has 1 saturated heterocycles. The molecule has 3 aromatic heterocycles. The van der Waals surface area contributed by atoms with Crippen LogP contribution >= 0.6 is 0 Å². The normalized spacial score (nSPS) is 17.4. The Labute approximate surface area is 209 Å². The molecule has 186 valence electrons. The largest absolute Gasteiger partial charge is 0.396 e. The third-order valence-corrected chi connectivity index (χ3v) is 6.30. The fourth-order valence-electron chi connectivity index (χ4n) is 4.36. The van der Waals surface area contributed by atoms with Crippen LogP contribution in [0.1, 0.15) is 39.3 Å². The average Bonchev–Trinajstić information content (AvgIpc) is 2.90. The number of primary amides is 1. The van der Waals surface area contributed by atoms with Crippen LogP contribution in [0.2, 0.25) is 0 Å². The third-order valence-electron chi connectivity index (χ3n) is 6.30. The second kappa shape index (κ2) is 11.6. The number of nitrogens with two attached hydrogens (primary N) is 1. The zero-order valence-electron chi connectivity index (χ0n) is 20.1. The first kappa shape index (κ1) is 25.0. The van der Waals surface area contributed by atoms with Gasteiger partial charge in [-0.1, -0.05) is 6.07 Å². The molecule has 4 rings (SSSR count). The highest BCUT2D eigenvalue weighted by atomic mass is 16.5. The van der Waals surface area contributed by atoms with Gasteiger partial charge in [-0.05, 0) is 36.2 Å². The molecule has 1 aliphatic rings. The van der Waals surface area contributed by atoms with E-state index in [2.05, 4.69) is 31.2 Å². The van der Waals surface area contributed by atoms with Gasteiger partial charge in [-0.2, -0.15) is 5.26 Å². The van der Waals surface area contributed by atoms with Gasteiger partial charge in [0.25, 0.3) is 5.91 Å². The molecular weight excluding hydrogens is 458 g/mol. The summed E-state index contributed by atoms with van der Waals surface area (Å²) in [5.74, 6) is 0.0841. The minimum absolute atomic E-state index is 0.0357. The van der Waals surface area contributed by atoms with Gasteiger partial charge in [0.15, 0.2) is 0 Å². The van der Waals surface area contributed by atoms with Gasteiger partial charge in [-0.15, -0.1) is 0 Å². The van der Waals surface area contributed by atoms with Gasteiger partial charge in [-0.25, -0.2) is 4.98 Å². The number of aliphatic hydroxyl groups excluding tert-OH is 1. The molecule has 0 spiro atoms. The molecule has 1 amide bonds. The highest BCUT2D eigenvalue weighted by Crippen LogP contribution is 2.27. The number of carbonyl (C=O) groups is 1. The molecule has 1 aliphatic heterocycles. The van der Waals surface area contributed by atoms with Crippen molar-refractivity contribution in [2.24, 2.45) is 11.7 Å². The molecule has 0 aromatic carbocycles. The number of aliphatic hydroxyl groups is 1. The lowest BCUT2D eigenvalue weighted by Crippen LogP contribution is -2.48. The number of piperidine rings is 1. The number of carbonyl (C=O) groups excluding carboxylic acids is 1. The predicted octanol–water partition coefficient (Wildman–Crippen LogP) is 1.88. The van der Waals surface area contributed by atoms with E-state index in [0.717, 1.165) is 22.8 Å². The first-order valence-corrected chi connectivity index (χ1v) is 11.7. The van der Waals surface area contributed by atoms with Crippen LogP contribution in [-0.2, 0) is 17.8 Å². The van der Waals surface area contributed by atoms with Crippen LogP contribution < -0.4 is 16.0 Å². The Balaban J connectivity index is 1.49. The van der Waals surface area contributed by atoms with E-state index >= 15 is 0 Å². The van der Waals surface area contributed by atoms with E-state index in [1.54, 1.807) is 25.6 Å². The lowest BCUT2D eigenvalue weighted by molar-refractivity contribution is 0.100. The van der Waals surface area contributed by atoms with Crippen LogP contribution in [0.25, 0.3) is 0 Å². The Kier molecular flexibility index (Phi) is 8.05. The van der Waals surface area contributed by atoms with Crippen molar-refractivity contribution < 1.29 is 14.6 Å². The minimum atomic E-state index is -0.571. The van der Waals surface area contributed by atoms with E-state index < -0.39 is 5.91 Å². The number of hydrogen-bond acceptors (Lipinski definition) is 9. The Morgan fingerprint density at radius 2 is 2.06 bits per heavy atom. The van der Waals surface area contributed by atoms with Gasteiger partial charge >= 0.3 is 0 Å². The van der Waals surface area contributed by atoms with Crippen molar-refractivity contribution in [3.05, 3.63) is 77.0 Å². The molecule has 0 unspecified atom stereocenters. The number of amides is 1. The molecule has 0 bridgehead atoms. The standard InChI is InChI=1S/C26H29N7O3/c1-36-16-18-2-4-20(29-12-18)8-21-9-24(22(13-30-21)26(28)35)32-23-6-7-33(14-19(23)15-34)25-5-3-17(10-27)11-31-25/h2-5,9,11-13,19,23,34H,6-8,14-16H2,1H3,(H2,28,35)(H,30,32)/t19-,23-/m1/s1. The maximum absolute atomic E-state index is 12.1. The molecule has 36 heavy (non-hydrogen) atoms. The quantitative estimate of drug-likeness (QED) is 0.411. The van der Waals surface area contributed by atoms with Crippen LogP contribution in [0.3, 0.4) is 0 Å². The van der Waals surface area contributed by atoms with E-state index in [1.165, 1.54) is 6.20 Å². The second-order valence-electron chi connectivity index (χ2n) is 8.80. The molecule has 2 atom stereocenters. The van der Waals surface area contributed by atoms with E-state index in [4.69, 9.17) is 15.7 Å². The maximum atomic E-state index is 12.1. The number of nitriles is 1. The molecule has 1 fully saturated rings. The lowest BCUT2D eigenvalue weighted by Gasteiger charge is -2.39. The molecule has 0 aliphatic carbocycles. The zero-order chi connectivity index (χ0) is 25.5.